The summed E-state index contributed by atoms with van der Waals surface area (Å²) in [6.07, 6.45) is 9.12. The zero-order chi connectivity index (χ0) is 41.0. The van der Waals surface area contributed by atoms with Crippen LogP contribution >= 0.6 is 11.6 Å². The van der Waals surface area contributed by atoms with Crippen molar-refractivity contribution in [1.82, 2.24) is 20.0 Å². The highest BCUT2D eigenvalue weighted by molar-refractivity contribution is 6.31. The molecule has 0 radical (unpaired) electrons. The SMILES string of the molecule is N#Cc1ccc(OC2C[C@H]3CC[C@@H](C2)N3C(=O)c2ccc(N3CCN(CCCCCCCNc4cccc5c4C(=O)N(C4CCC(=O)NC4=O)C5=O)CC3)cc2)cc1Cl. The van der Waals surface area contributed by atoms with Gasteiger partial charge < -0.3 is 19.9 Å². The largest absolute Gasteiger partial charge is 0.490 e. The number of nitriles is 1. The minimum absolute atomic E-state index is 0.00630. The second kappa shape index (κ2) is 17.8. The highest BCUT2D eigenvalue weighted by Gasteiger charge is 2.46. The van der Waals surface area contributed by atoms with Crippen molar-refractivity contribution in [3.05, 3.63) is 87.9 Å². The number of anilines is 2. The molecule has 4 atom stereocenters. The molecule has 0 aromatic heterocycles. The number of imide groups is 2. The average Bonchev–Trinajstić information content (AvgIpc) is 3.66. The number of nitrogens with zero attached hydrogens (tertiary/aromatic N) is 5. The van der Waals surface area contributed by atoms with Crippen LogP contribution in [0.4, 0.5) is 11.4 Å². The average molecular weight is 820 g/mol. The van der Waals surface area contributed by atoms with Crippen molar-refractivity contribution in [1.29, 1.82) is 5.26 Å². The molecule has 5 aliphatic rings. The zero-order valence-corrected chi connectivity index (χ0v) is 33.9. The fourth-order valence-electron chi connectivity index (χ4n) is 9.48. The van der Waals surface area contributed by atoms with E-state index in [-0.39, 0.29) is 42.5 Å². The van der Waals surface area contributed by atoms with Gasteiger partial charge in [-0.15, -0.1) is 0 Å². The Morgan fingerprint density at radius 1 is 0.864 bits per heavy atom. The molecule has 59 heavy (non-hydrogen) atoms. The van der Waals surface area contributed by atoms with Crippen LogP contribution in [-0.4, -0.2) is 108 Å². The first kappa shape index (κ1) is 40.3. The van der Waals surface area contributed by atoms with E-state index >= 15 is 0 Å². The highest BCUT2D eigenvalue weighted by atomic mass is 35.5. The molecule has 0 spiro atoms. The van der Waals surface area contributed by atoms with Crippen LogP contribution < -0.4 is 20.3 Å². The Kier molecular flexibility index (Phi) is 12.2. The number of carbonyl (C=O) groups excluding carboxylic acids is 5. The molecule has 0 saturated carbocycles. The Hall–Kier alpha value is -5.45. The second-order valence-corrected chi connectivity index (χ2v) is 16.7. The van der Waals surface area contributed by atoms with E-state index in [2.05, 4.69) is 43.5 Å². The Labute approximate surface area is 349 Å². The molecule has 13 nitrogen and oxygen atoms in total. The third-order valence-electron chi connectivity index (χ3n) is 12.6. The Morgan fingerprint density at radius 3 is 2.31 bits per heavy atom. The second-order valence-electron chi connectivity index (χ2n) is 16.3. The number of unbranched alkanes of at least 4 members (excludes halogenated alkanes) is 4. The normalized spacial score (nSPS) is 22.9. The molecule has 4 fully saturated rings. The van der Waals surface area contributed by atoms with Gasteiger partial charge in [0.25, 0.3) is 17.7 Å². The Bertz CT molecular complexity index is 2130. The van der Waals surface area contributed by atoms with Crippen molar-refractivity contribution in [2.24, 2.45) is 0 Å². The van der Waals surface area contributed by atoms with Crippen LogP contribution in [0.1, 0.15) is 107 Å². The molecule has 2 N–H and O–H groups in total. The van der Waals surface area contributed by atoms with Gasteiger partial charge in [-0.05, 0) is 87.2 Å². The third kappa shape index (κ3) is 8.66. The maximum Gasteiger partial charge on any atom is 0.264 e. The maximum atomic E-state index is 13.7. The number of rotatable bonds is 14. The van der Waals surface area contributed by atoms with Crippen molar-refractivity contribution >= 4 is 52.5 Å². The first-order valence-electron chi connectivity index (χ1n) is 21.0. The molecule has 8 rings (SSSR count). The molecule has 308 valence electrons. The molecule has 14 heteroatoms. The summed E-state index contributed by atoms with van der Waals surface area (Å²) in [5.74, 6) is -1.24. The first-order valence-corrected chi connectivity index (χ1v) is 21.4. The van der Waals surface area contributed by atoms with E-state index in [1.807, 2.05) is 12.1 Å². The summed E-state index contributed by atoms with van der Waals surface area (Å²) in [5, 5.41) is 15.1. The van der Waals surface area contributed by atoms with E-state index in [1.54, 1.807) is 36.4 Å². The lowest BCUT2D eigenvalue weighted by Gasteiger charge is -2.39. The zero-order valence-electron chi connectivity index (χ0n) is 33.2. The van der Waals surface area contributed by atoms with Gasteiger partial charge in [0.2, 0.25) is 11.8 Å². The van der Waals surface area contributed by atoms with E-state index in [1.165, 1.54) is 0 Å². The molecule has 4 saturated heterocycles. The standard InChI is InChI=1S/C45H50ClN7O6/c46-37-27-34(16-11-30(37)28-47)59-35-25-32-14-15-33(26-35)52(32)43(56)29-9-12-31(13-10-29)51-23-21-50(22-24-51)20-5-3-1-2-4-19-48-38-8-6-7-36-41(38)45(58)53(44(36)57)39-17-18-40(54)49-42(39)55/h6-13,16,27,32-33,35,39,48H,1-5,14-15,17-26H2,(H,49,54,55)/t32-,33+,35?,39?. The molecule has 5 heterocycles. The lowest BCUT2D eigenvalue weighted by Crippen LogP contribution is -2.54. The maximum absolute atomic E-state index is 13.7. The van der Waals surface area contributed by atoms with E-state index in [0.717, 1.165) is 107 Å². The number of halogens is 1. The molecular weight excluding hydrogens is 770 g/mol. The minimum atomic E-state index is -0.976. The number of piperazine rings is 1. The van der Waals surface area contributed by atoms with Crippen LogP contribution in [0.15, 0.2) is 60.7 Å². The van der Waals surface area contributed by atoms with E-state index in [9.17, 15) is 24.0 Å². The van der Waals surface area contributed by atoms with Gasteiger partial charge in [0.05, 0.1) is 21.7 Å². The van der Waals surface area contributed by atoms with Gasteiger partial charge in [-0.1, -0.05) is 36.9 Å². The fourth-order valence-corrected chi connectivity index (χ4v) is 9.69. The summed E-state index contributed by atoms with van der Waals surface area (Å²) >= 11 is 6.22. The molecule has 0 aliphatic carbocycles. The van der Waals surface area contributed by atoms with Crippen molar-refractivity contribution < 1.29 is 28.7 Å². The van der Waals surface area contributed by atoms with Gasteiger partial charge in [-0.3, -0.25) is 39.1 Å². The predicted molar refractivity (Wildman–Crippen MR) is 223 cm³/mol. The summed E-state index contributed by atoms with van der Waals surface area (Å²) in [5.41, 5.74) is 3.48. The van der Waals surface area contributed by atoms with Gasteiger partial charge in [0, 0.05) is 87.1 Å². The topological polar surface area (TPSA) is 155 Å². The van der Waals surface area contributed by atoms with Crippen LogP contribution in [0.2, 0.25) is 5.02 Å². The number of hydrogen-bond donors (Lipinski definition) is 2. The minimum Gasteiger partial charge on any atom is -0.490 e. The summed E-state index contributed by atoms with van der Waals surface area (Å²) in [7, 11) is 0. The molecule has 3 aromatic rings. The van der Waals surface area contributed by atoms with Crippen molar-refractivity contribution in [3.63, 3.8) is 0 Å². The third-order valence-corrected chi connectivity index (χ3v) is 12.9. The van der Waals surface area contributed by atoms with Crippen LogP contribution in [0.25, 0.3) is 0 Å². The summed E-state index contributed by atoms with van der Waals surface area (Å²) in [6.45, 7) is 5.64. The summed E-state index contributed by atoms with van der Waals surface area (Å²) < 4.78 is 6.26. The van der Waals surface area contributed by atoms with E-state index < -0.39 is 29.7 Å². The lowest BCUT2D eigenvalue weighted by molar-refractivity contribution is -0.136. The quantitative estimate of drug-likeness (QED) is 0.146. The van der Waals surface area contributed by atoms with Crippen molar-refractivity contribution in [3.8, 4) is 11.8 Å². The molecule has 5 aliphatic heterocycles. The van der Waals surface area contributed by atoms with Crippen LogP contribution in [-0.2, 0) is 9.59 Å². The molecule has 2 unspecified atom stereocenters. The van der Waals surface area contributed by atoms with Gasteiger partial charge in [-0.2, -0.15) is 5.26 Å². The summed E-state index contributed by atoms with van der Waals surface area (Å²) in [4.78, 5) is 72.2. The molecular formula is C45H50ClN7O6. The summed E-state index contributed by atoms with van der Waals surface area (Å²) in [6, 6.07) is 19.8. The predicted octanol–water partition coefficient (Wildman–Crippen LogP) is 6.01. The molecule has 5 amide bonds. The number of amides is 5. The fraction of sp³-hybridized carbons (Fsp3) is 0.467. The Morgan fingerprint density at radius 2 is 1.59 bits per heavy atom. The van der Waals surface area contributed by atoms with Gasteiger partial charge in [-0.25, -0.2) is 0 Å². The first-order chi connectivity index (χ1) is 28.7. The van der Waals surface area contributed by atoms with Crippen molar-refractivity contribution in [2.75, 3.05) is 49.5 Å². The van der Waals surface area contributed by atoms with Gasteiger partial charge >= 0.3 is 0 Å². The lowest BCUT2D eigenvalue weighted by atomic mass is 9.98. The van der Waals surface area contributed by atoms with Crippen LogP contribution in [0, 0.1) is 11.3 Å². The Balaban J connectivity index is 0.715. The van der Waals surface area contributed by atoms with Gasteiger partial charge in [0.1, 0.15) is 24.0 Å². The smallest absolute Gasteiger partial charge is 0.264 e. The molecule has 3 aromatic carbocycles. The number of piperidine rings is 2. The van der Waals surface area contributed by atoms with Crippen LogP contribution in [0.3, 0.4) is 0 Å². The number of hydrogen-bond acceptors (Lipinski definition) is 10. The van der Waals surface area contributed by atoms with E-state index in [0.29, 0.717) is 34.1 Å². The van der Waals surface area contributed by atoms with Crippen LogP contribution in [0.5, 0.6) is 5.75 Å². The highest BCUT2D eigenvalue weighted by Crippen LogP contribution is 2.39. The number of nitrogens with one attached hydrogen (secondary N) is 2. The van der Waals surface area contributed by atoms with E-state index in [4.69, 9.17) is 21.6 Å². The number of benzene rings is 3. The number of carbonyl (C=O) groups is 5. The number of fused-ring (bicyclic) bond motifs is 3. The monoisotopic (exact) mass is 819 g/mol. The molecule has 2 bridgehead atoms. The van der Waals surface area contributed by atoms with Gasteiger partial charge in [0.15, 0.2) is 0 Å². The number of ether oxygens (including phenoxy) is 1. The van der Waals surface area contributed by atoms with Crippen molar-refractivity contribution in [2.45, 2.75) is 94.9 Å².